The Kier molecular flexibility index (Phi) is 3.60. The fourth-order valence-corrected chi connectivity index (χ4v) is 2.35. The van der Waals surface area contributed by atoms with E-state index in [-0.39, 0.29) is 12.2 Å². The number of ether oxygens (including phenoxy) is 2. The van der Waals surface area contributed by atoms with Gasteiger partial charge in [-0.25, -0.2) is 4.79 Å². The first-order valence-corrected chi connectivity index (χ1v) is 7.38. The molecule has 0 bridgehead atoms. The number of nitrogens with one attached hydrogen (secondary N) is 1. The van der Waals surface area contributed by atoms with Crippen LogP contribution >= 0.6 is 0 Å². The molecule has 7 nitrogen and oxygen atoms in total. The molecule has 1 aliphatic heterocycles. The van der Waals surface area contributed by atoms with Crippen LogP contribution < -0.4 is 4.74 Å². The number of likely N-dealkylation sites (tertiary alicyclic amines) is 1. The number of hydrogen-bond donors (Lipinski definition) is 1. The Morgan fingerprint density at radius 3 is 2.83 bits per heavy atom. The smallest absolute Gasteiger partial charge is 0.410 e. The summed E-state index contributed by atoms with van der Waals surface area (Å²) >= 11 is 0. The minimum Gasteiger partial charge on any atom is -0.483 e. The van der Waals surface area contributed by atoms with Crippen molar-refractivity contribution in [2.45, 2.75) is 32.5 Å². The van der Waals surface area contributed by atoms with E-state index in [0.29, 0.717) is 29.9 Å². The number of H-pyrrole nitrogens is 1. The zero-order chi connectivity index (χ0) is 16.6. The largest absolute Gasteiger partial charge is 0.483 e. The second-order valence-corrected chi connectivity index (χ2v) is 6.50. The number of rotatable bonds is 2. The number of aromatic amines is 1. The lowest BCUT2D eigenvalue weighted by Crippen LogP contribution is -2.57. The fourth-order valence-electron chi connectivity index (χ4n) is 2.35. The summed E-state index contributed by atoms with van der Waals surface area (Å²) in [7, 11) is 0. The van der Waals surface area contributed by atoms with E-state index in [1.807, 2.05) is 26.8 Å². The van der Waals surface area contributed by atoms with E-state index in [9.17, 15) is 10.1 Å². The summed E-state index contributed by atoms with van der Waals surface area (Å²) in [6, 6.07) is 5.64. The Balaban J connectivity index is 1.68. The van der Waals surface area contributed by atoms with Crippen LogP contribution in [0.5, 0.6) is 5.75 Å². The van der Waals surface area contributed by atoms with Crippen molar-refractivity contribution in [1.29, 1.82) is 5.26 Å². The molecule has 0 spiro atoms. The minimum atomic E-state index is -0.516. The van der Waals surface area contributed by atoms with Crippen molar-refractivity contribution in [3.05, 3.63) is 23.9 Å². The van der Waals surface area contributed by atoms with Crippen molar-refractivity contribution < 1.29 is 14.3 Å². The quantitative estimate of drug-likeness (QED) is 0.919. The molecule has 0 unspecified atom stereocenters. The van der Waals surface area contributed by atoms with Crippen LogP contribution in [0.2, 0.25) is 0 Å². The van der Waals surface area contributed by atoms with Gasteiger partial charge in [0.05, 0.1) is 18.7 Å². The van der Waals surface area contributed by atoms with Crippen LogP contribution in [0.4, 0.5) is 4.79 Å². The first kappa shape index (κ1) is 15.2. The number of amides is 1. The summed E-state index contributed by atoms with van der Waals surface area (Å²) in [5, 5.41) is 17.0. The van der Waals surface area contributed by atoms with Gasteiger partial charge in [0.15, 0.2) is 5.75 Å². The van der Waals surface area contributed by atoms with Gasteiger partial charge in [-0.3, -0.25) is 5.10 Å². The Morgan fingerprint density at radius 2 is 2.17 bits per heavy atom. The van der Waals surface area contributed by atoms with Crippen molar-refractivity contribution >= 4 is 17.0 Å². The average Bonchev–Trinajstić information content (AvgIpc) is 2.88. The molecule has 1 aliphatic rings. The van der Waals surface area contributed by atoms with Crippen LogP contribution in [0.3, 0.4) is 0 Å². The van der Waals surface area contributed by atoms with E-state index in [0.717, 1.165) is 5.39 Å². The van der Waals surface area contributed by atoms with Gasteiger partial charge in [0, 0.05) is 11.6 Å². The maximum absolute atomic E-state index is 11.9. The molecular weight excluding hydrogens is 296 g/mol. The molecule has 1 aromatic carbocycles. The van der Waals surface area contributed by atoms with Crippen LogP contribution in [0, 0.1) is 11.3 Å². The maximum atomic E-state index is 11.9. The molecule has 1 N–H and O–H groups in total. The van der Waals surface area contributed by atoms with Crippen LogP contribution in [-0.2, 0) is 4.74 Å². The van der Waals surface area contributed by atoms with Gasteiger partial charge >= 0.3 is 6.09 Å². The molecule has 2 aromatic rings. The Morgan fingerprint density at radius 1 is 1.43 bits per heavy atom. The lowest BCUT2D eigenvalue weighted by molar-refractivity contribution is -0.0218. The number of fused-ring (bicyclic) bond motifs is 1. The van der Waals surface area contributed by atoms with E-state index in [2.05, 4.69) is 16.3 Å². The number of nitriles is 1. The molecule has 0 aliphatic carbocycles. The zero-order valence-electron chi connectivity index (χ0n) is 13.3. The Bertz CT molecular complexity index is 779. The third-order valence-corrected chi connectivity index (χ3v) is 3.46. The summed E-state index contributed by atoms with van der Waals surface area (Å²) in [4.78, 5) is 13.5. The molecule has 0 radical (unpaired) electrons. The second kappa shape index (κ2) is 5.47. The highest BCUT2D eigenvalue weighted by Gasteiger charge is 2.35. The molecule has 1 fully saturated rings. The predicted octanol–water partition coefficient (Wildman–Crippen LogP) is 2.43. The first-order chi connectivity index (χ1) is 10.9. The van der Waals surface area contributed by atoms with Gasteiger partial charge < -0.3 is 14.4 Å². The zero-order valence-corrected chi connectivity index (χ0v) is 13.3. The highest BCUT2D eigenvalue weighted by molar-refractivity contribution is 5.86. The summed E-state index contributed by atoms with van der Waals surface area (Å²) in [5.41, 5.74) is 0.539. The van der Waals surface area contributed by atoms with Crippen molar-refractivity contribution in [3.8, 4) is 11.8 Å². The van der Waals surface area contributed by atoms with Gasteiger partial charge in [0.2, 0.25) is 0 Å². The number of nitrogens with zero attached hydrogens (tertiary/aromatic N) is 3. The number of carbonyl (C=O) groups is 1. The van der Waals surface area contributed by atoms with Gasteiger partial charge in [-0.05, 0) is 32.9 Å². The second-order valence-electron chi connectivity index (χ2n) is 6.50. The maximum Gasteiger partial charge on any atom is 0.410 e. The summed E-state index contributed by atoms with van der Waals surface area (Å²) < 4.78 is 11.2. The standard InChI is InChI=1S/C16H18N4O3/c1-16(2,3)23-15(21)20-8-12(9-20)22-14-10(6-17)4-5-11-7-18-19-13(11)14/h4-5,7,12H,8-9H2,1-3H3,(H,18,19). The molecule has 1 amide bonds. The molecule has 2 heterocycles. The van der Waals surface area contributed by atoms with Gasteiger partial charge in [0.25, 0.3) is 0 Å². The highest BCUT2D eigenvalue weighted by Crippen LogP contribution is 2.30. The highest BCUT2D eigenvalue weighted by atomic mass is 16.6. The Labute approximate surface area is 133 Å². The normalized spacial score (nSPS) is 15.1. The van der Waals surface area contributed by atoms with E-state index in [1.54, 1.807) is 17.2 Å². The van der Waals surface area contributed by atoms with Crippen LogP contribution in [0.1, 0.15) is 26.3 Å². The average molecular weight is 314 g/mol. The molecule has 23 heavy (non-hydrogen) atoms. The van der Waals surface area contributed by atoms with Crippen LogP contribution in [-0.4, -0.2) is 46.0 Å². The minimum absolute atomic E-state index is 0.170. The van der Waals surface area contributed by atoms with Gasteiger partial charge in [-0.15, -0.1) is 0 Å². The predicted molar refractivity (Wildman–Crippen MR) is 83.0 cm³/mol. The number of aromatic nitrogens is 2. The third kappa shape index (κ3) is 3.06. The Hall–Kier alpha value is -2.75. The monoisotopic (exact) mass is 314 g/mol. The molecule has 120 valence electrons. The molecule has 0 atom stereocenters. The van der Waals surface area contributed by atoms with Crippen LogP contribution in [0.15, 0.2) is 18.3 Å². The first-order valence-electron chi connectivity index (χ1n) is 7.38. The number of benzene rings is 1. The topological polar surface area (TPSA) is 91.2 Å². The van der Waals surface area contributed by atoms with Gasteiger partial charge in [0.1, 0.15) is 23.3 Å². The van der Waals surface area contributed by atoms with E-state index in [4.69, 9.17) is 9.47 Å². The fraction of sp³-hybridized carbons (Fsp3) is 0.438. The van der Waals surface area contributed by atoms with Crippen LogP contribution in [0.25, 0.3) is 10.9 Å². The van der Waals surface area contributed by atoms with Gasteiger partial charge in [-0.1, -0.05) is 0 Å². The van der Waals surface area contributed by atoms with Crippen molar-refractivity contribution in [3.63, 3.8) is 0 Å². The molecule has 0 saturated carbocycles. The SMILES string of the molecule is CC(C)(C)OC(=O)N1CC(Oc2c(C#N)ccc3c[nH]nc23)C1. The summed E-state index contributed by atoms with van der Waals surface area (Å²) in [6.07, 6.45) is 1.23. The molecule has 3 rings (SSSR count). The summed E-state index contributed by atoms with van der Waals surface area (Å²) in [6.45, 7) is 6.35. The van der Waals surface area contributed by atoms with Crippen molar-refractivity contribution in [2.75, 3.05) is 13.1 Å². The molecule has 1 aromatic heterocycles. The molecule has 7 heteroatoms. The van der Waals surface area contributed by atoms with E-state index >= 15 is 0 Å². The lowest BCUT2D eigenvalue weighted by Gasteiger charge is -2.39. The molecular formula is C16H18N4O3. The molecule has 1 saturated heterocycles. The van der Waals surface area contributed by atoms with Crippen molar-refractivity contribution in [1.82, 2.24) is 15.1 Å². The lowest BCUT2D eigenvalue weighted by atomic mass is 10.1. The van der Waals surface area contributed by atoms with Crippen molar-refractivity contribution in [2.24, 2.45) is 0 Å². The van der Waals surface area contributed by atoms with E-state index in [1.165, 1.54) is 0 Å². The van der Waals surface area contributed by atoms with E-state index < -0.39 is 5.60 Å². The number of hydrogen-bond acceptors (Lipinski definition) is 5. The van der Waals surface area contributed by atoms with Gasteiger partial charge in [-0.2, -0.15) is 10.4 Å². The third-order valence-electron chi connectivity index (χ3n) is 3.46. The number of carbonyl (C=O) groups excluding carboxylic acids is 1. The summed E-state index contributed by atoms with van der Waals surface area (Å²) in [5.74, 6) is 0.458.